The predicted octanol–water partition coefficient (Wildman–Crippen LogP) is 19.9. The Morgan fingerprint density at radius 1 is 0.315 bits per heavy atom. The number of esters is 4. The van der Waals surface area contributed by atoms with E-state index in [2.05, 4.69) is 94.5 Å². The minimum absolute atomic E-state index is 0.0388. The fraction of sp³-hybridized carbons (Fsp3) is 0.753. The largest absolute Gasteiger partial charge is 0.472 e. The highest BCUT2D eigenvalue weighted by atomic mass is 31.2. The van der Waals surface area contributed by atoms with E-state index in [0.29, 0.717) is 32.1 Å². The Kier molecular flexibility index (Phi) is 63.2. The van der Waals surface area contributed by atoms with Crippen molar-refractivity contribution in [2.75, 3.05) is 39.6 Å². The van der Waals surface area contributed by atoms with E-state index in [4.69, 9.17) is 37.0 Å². The molecule has 0 aromatic rings. The summed E-state index contributed by atoms with van der Waals surface area (Å²) in [7, 11) is -9.94. The zero-order valence-corrected chi connectivity index (χ0v) is 59.5. The van der Waals surface area contributed by atoms with Gasteiger partial charge in [-0.25, -0.2) is 9.13 Å². The average molecular weight is 1340 g/mol. The van der Waals surface area contributed by atoms with Gasteiger partial charge in [0.15, 0.2) is 12.2 Å². The Morgan fingerprint density at radius 2 is 0.598 bits per heavy atom. The lowest BCUT2D eigenvalue weighted by molar-refractivity contribution is -0.161. The van der Waals surface area contributed by atoms with Crippen LogP contribution in [0.25, 0.3) is 0 Å². The maximum Gasteiger partial charge on any atom is 0.472 e. The molecule has 5 unspecified atom stereocenters. The predicted molar refractivity (Wildman–Crippen MR) is 372 cm³/mol. The molecule has 0 fully saturated rings. The van der Waals surface area contributed by atoms with Crippen LogP contribution in [0, 0.1) is 0 Å². The van der Waals surface area contributed by atoms with Gasteiger partial charge in [0, 0.05) is 25.7 Å². The van der Waals surface area contributed by atoms with Gasteiger partial charge in [0.05, 0.1) is 26.4 Å². The van der Waals surface area contributed by atoms with Crippen LogP contribution in [0.15, 0.2) is 85.1 Å². The van der Waals surface area contributed by atoms with Crippen LogP contribution in [-0.4, -0.2) is 96.7 Å². The zero-order chi connectivity index (χ0) is 67.5. The molecule has 19 heteroatoms. The van der Waals surface area contributed by atoms with Crippen molar-refractivity contribution in [2.45, 2.75) is 316 Å². The number of allylic oxidation sites excluding steroid dienone is 14. The zero-order valence-electron chi connectivity index (χ0n) is 57.7. The number of hydrogen-bond donors (Lipinski definition) is 3. The maximum atomic E-state index is 13.0. The second kappa shape index (κ2) is 65.9. The summed E-state index contributed by atoms with van der Waals surface area (Å²) in [5.74, 6) is -2.27. The monoisotopic (exact) mass is 1340 g/mol. The van der Waals surface area contributed by atoms with Crippen molar-refractivity contribution in [3.8, 4) is 0 Å². The molecule has 0 saturated carbocycles. The first-order valence-corrected chi connectivity index (χ1v) is 38.8. The molecule has 0 saturated heterocycles. The van der Waals surface area contributed by atoms with Crippen molar-refractivity contribution in [1.29, 1.82) is 0 Å². The number of hydrogen-bond acceptors (Lipinski definition) is 15. The van der Waals surface area contributed by atoms with Crippen LogP contribution in [0.3, 0.4) is 0 Å². The summed E-state index contributed by atoms with van der Waals surface area (Å²) < 4.78 is 68.1. The Labute approximate surface area is 557 Å². The van der Waals surface area contributed by atoms with Gasteiger partial charge < -0.3 is 33.8 Å². The van der Waals surface area contributed by atoms with Crippen LogP contribution >= 0.6 is 15.6 Å². The van der Waals surface area contributed by atoms with Crippen molar-refractivity contribution >= 4 is 39.5 Å². The molecule has 0 aliphatic heterocycles. The SMILES string of the molecule is CC/C=C\C/C=C\C/C=C\C/C=C\C/C=C\C/C=C\CCC(=O)OCC(COP(=O)(O)OCC(O)COP(=O)(O)OCC(COC(=O)CCCCCCC/C=C\CCCC)OC(=O)CCCCCCCCCCCCC)OC(=O)CCCCCCCCCCCCC. The molecule has 0 aliphatic carbocycles. The van der Waals surface area contributed by atoms with Crippen LogP contribution in [0.1, 0.15) is 297 Å². The van der Waals surface area contributed by atoms with Gasteiger partial charge in [0.2, 0.25) is 0 Å². The fourth-order valence-corrected chi connectivity index (χ4v) is 11.0. The van der Waals surface area contributed by atoms with Gasteiger partial charge in [-0.05, 0) is 83.5 Å². The topological polar surface area (TPSA) is 237 Å². The number of aliphatic hydroxyl groups is 1. The molecule has 0 radical (unpaired) electrons. The molecule has 0 bridgehead atoms. The molecule has 17 nitrogen and oxygen atoms in total. The normalized spacial score (nSPS) is 14.6. The van der Waals surface area contributed by atoms with E-state index < -0.39 is 97.5 Å². The molecule has 0 aromatic heterocycles. The van der Waals surface area contributed by atoms with Crippen LogP contribution in [0.4, 0.5) is 0 Å². The highest BCUT2D eigenvalue weighted by molar-refractivity contribution is 7.47. The second-order valence-electron chi connectivity index (χ2n) is 23.8. The molecule has 0 aliphatic rings. The van der Waals surface area contributed by atoms with Crippen molar-refractivity contribution in [2.24, 2.45) is 0 Å². The smallest absolute Gasteiger partial charge is 0.462 e. The van der Waals surface area contributed by atoms with Crippen molar-refractivity contribution in [3.63, 3.8) is 0 Å². The number of phosphoric ester groups is 2. The van der Waals surface area contributed by atoms with Gasteiger partial charge in [-0.15, -0.1) is 0 Å². The Morgan fingerprint density at radius 3 is 0.967 bits per heavy atom. The van der Waals surface area contributed by atoms with E-state index in [9.17, 15) is 43.2 Å². The summed E-state index contributed by atoms with van der Waals surface area (Å²) in [5.41, 5.74) is 0. The number of unbranched alkanes of at least 4 members (excludes halogenated alkanes) is 27. The summed E-state index contributed by atoms with van der Waals surface area (Å²) in [5, 5.41) is 10.6. The summed E-state index contributed by atoms with van der Waals surface area (Å²) in [6, 6.07) is 0. The number of carbonyl (C=O) groups excluding carboxylic acids is 4. The lowest BCUT2D eigenvalue weighted by Gasteiger charge is -2.21. The van der Waals surface area contributed by atoms with E-state index in [0.717, 1.165) is 122 Å². The molecule has 0 spiro atoms. The fourth-order valence-electron chi connectivity index (χ4n) is 9.40. The van der Waals surface area contributed by atoms with Crippen LogP contribution in [0.5, 0.6) is 0 Å². The number of phosphoric acid groups is 2. The summed E-state index contributed by atoms with van der Waals surface area (Å²) in [4.78, 5) is 72.4. The third kappa shape index (κ3) is 64.9. The highest BCUT2D eigenvalue weighted by Crippen LogP contribution is 2.45. The van der Waals surface area contributed by atoms with Gasteiger partial charge in [-0.3, -0.25) is 37.3 Å². The lowest BCUT2D eigenvalue weighted by atomic mass is 10.1. The number of ether oxygens (including phenoxy) is 4. The number of aliphatic hydroxyl groups excluding tert-OH is 1. The lowest BCUT2D eigenvalue weighted by Crippen LogP contribution is -2.30. The van der Waals surface area contributed by atoms with Crippen molar-refractivity contribution in [1.82, 2.24) is 0 Å². The quantitative estimate of drug-likeness (QED) is 0.0169. The number of carbonyl (C=O) groups is 4. The maximum absolute atomic E-state index is 13.0. The first-order valence-electron chi connectivity index (χ1n) is 35.8. The summed E-state index contributed by atoms with van der Waals surface area (Å²) in [6.45, 7) is 4.61. The van der Waals surface area contributed by atoms with E-state index in [-0.39, 0.29) is 25.7 Å². The van der Waals surface area contributed by atoms with Crippen molar-refractivity contribution in [3.05, 3.63) is 85.1 Å². The first-order chi connectivity index (χ1) is 44.7. The van der Waals surface area contributed by atoms with E-state index >= 15 is 0 Å². The Bertz CT molecular complexity index is 2090. The highest BCUT2D eigenvalue weighted by Gasteiger charge is 2.30. The van der Waals surface area contributed by atoms with Crippen LogP contribution in [0.2, 0.25) is 0 Å². The molecule has 92 heavy (non-hydrogen) atoms. The van der Waals surface area contributed by atoms with Gasteiger partial charge in [-0.1, -0.05) is 273 Å². The summed E-state index contributed by atoms with van der Waals surface area (Å²) in [6.07, 6.45) is 64.8. The molecule has 0 amide bonds. The van der Waals surface area contributed by atoms with Crippen LogP contribution in [-0.2, 0) is 65.4 Å². The van der Waals surface area contributed by atoms with Gasteiger partial charge in [-0.2, -0.15) is 0 Å². The van der Waals surface area contributed by atoms with Gasteiger partial charge in [0.1, 0.15) is 19.3 Å². The van der Waals surface area contributed by atoms with E-state index in [1.165, 1.54) is 89.9 Å². The van der Waals surface area contributed by atoms with E-state index in [1.54, 1.807) is 0 Å². The molecule has 532 valence electrons. The average Bonchev–Trinajstić information content (AvgIpc) is 2.26. The molecule has 3 N–H and O–H groups in total. The summed E-state index contributed by atoms with van der Waals surface area (Å²) >= 11 is 0. The van der Waals surface area contributed by atoms with Crippen molar-refractivity contribution < 1.29 is 80.2 Å². The molecule has 0 rings (SSSR count). The Balaban J connectivity index is 5.33. The first kappa shape index (κ1) is 88.2. The van der Waals surface area contributed by atoms with Crippen LogP contribution < -0.4 is 0 Å². The molecule has 0 aromatic carbocycles. The molecule has 0 heterocycles. The number of rotatable bonds is 67. The molecular weight excluding hydrogens is 1210 g/mol. The minimum Gasteiger partial charge on any atom is -0.462 e. The Hall–Kier alpha value is -3.76. The molecule has 5 atom stereocenters. The third-order valence-corrected chi connectivity index (χ3v) is 16.8. The minimum atomic E-state index is -4.98. The third-order valence-electron chi connectivity index (χ3n) is 14.9. The standard InChI is InChI=1S/C73H128O17P2/c1-5-9-13-17-21-25-29-30-31-32-33-34-35-36-40-42-46-50-54-58-71(76)84-64-69(90-73(78)60-56-52-48-44-39-28-24-20-16-12-8-4)66-88-92(81,82)86-62-67(74)61-85-91(79,80)87-65-68(89-72(77)59-55-51-47-43-38-27-23-19-15-11-7-3)63-83-70(75)57-53-49-45-41-37-26-22-18-14-10-6-2/h9,13,18,21-22,25,30-31,33-34,36,40,46,50,67-69,74H,5-8,10-12,14-17,19-20,23-24,26-29,32,35,37-39,41-45,47-49,51-66H2,1-4H3,(H,79,80)(H,81,82)/b13-9-,22-18-,25-21-,31-30-,34-33-,40-36-,50-46-. The van der Waals surface area contributed by atoms with Gasteiger partial charge in [0.25, 0.3) is 0 Å². The molecular formula is C73H128O17P2. The van der Waals surface area contributed by atoms with E-state index in [1.807, 2.05) is 18.2 Å². The second-order valence-corrected chi connectivity index (χ2v) is 26.7. The van der Waals surface area contributed by atoms with Gasteiger partial charge >= 0.3 is 39.5 Å².